The largest absolute Gasteiger partial charge is 0.382 e. The molecule has 20 heavy (non-hydrogen) atoms. The van der Waals surface area contributed by atoms with Gasteiger partial charge >= 0.3 is 0 Å². The summed E-state index contributed by atoms with van der Waals surface area (Å²) in [7, 11) is -3.38. The summed E-state index contributed by atoms with van der Waals surface area (Å²) in [5.41, 5.74) is 2.16. The summed E-state index contributed by atoms with van der Waals surface area (Å²) < 4.78 is 27.8. The molecule has 3 rings (SSSR count). The van der Waals surface area contributed by atoms with Gasteiger partial charge in [-0.25, -0.2) is 13.1 Å². The SMILES string of the molecule is C[C@H]1Cc2cc(S(=O)(=O)NC3CCCCC3)ccc2N1. The molecule has 2 N–H and O–H groups in total. The molecule has 1 fully saturated rings. The zero-order valence-electron chi connectivity index (χ0n) is 11.9. The van der Waals surface area contributed by atoms with Crippen molar-refractivity contribution in [2.45, 2.75) is 62.4 Å². The van der Waals surface area contributed by atoms with E-state index in [1.54, 1.807) is 6.07 Å². The van der Waals surface area contributed by atoms with Crippen LogP contribution in [0.1, 0.15) is 44.6 Å². The standard InChI is InChI=1S/C15H22N2O2S/c1-11-9-12-10-14(7-8-15(12)16-11)20(18,19)17-13-5-3-2-4-6-13/h7-8,10-11,13,16-17H,2-6,9H2,1H3/t11-/m0/s1. The van der Waals surface area contributed by atoms with Gasteiger partial charge in [0.05, 0.1) is 4.90 Å². The minimum absolute atomic E-state index is 0.110. The van der Waals surface area contributed by atoms with E-state index in [0.717, 1.165) is 43.4 Å². The van der Waals surface area contributed by atoms with Gasteiger partial charge in [-0.3, -0.25) is 0 Å². The maximum atomic E-state index is 12.5. The first kappa shape index (κ1) is 13.9. The highest BCUT2D eigenvalue weighted by Gasteiger charge is 2.24. The molecule has 1 aliphatic heterocycles. The summed E-state index contributed by atoms with van der Waals surface area (Å²) in [6.07, 6.45) is 6.28. The van der Waals surface area contributed by atoms with Crippen LogP contribution in [-0.4, -0.2) is 20.5 Å². The van der Waals surface area contributed by atoms with Crippen LogP contribution in [0, 0.1) is 0 Å². The lowest BCUT2D eigenvalue weighted by Crippen LogP contribution is -2.36. The average Bonchev–Trinajstić information content (AvgIpc) is 2.78. The van der Waals surface area contributed by atoms with Crippen molar-refractivity contribution in [2.24, 2.45) is 0 Å². The molecule has 1 aromatic rings. The molecular formula is C15H22N2O2S. The van der Waals surface area contributed by atoms with Crippen LogP contribution in [0.3, 0.4) is 0 Å². The van der Waals surface area contributed by atoms with Gasteiger partial charge in [0.1, 0.15) is 0 Å². The molecule has 4 nitrogen and oxygen atoms in total. The number of anilines is 1. The monoisotopic (exact) mass is 294 g/mol. The highest BCUT2D eigenvalue weighted by molar-refractivity contribution is 7.89. The van der Waals surface area contributed by atoms with E-state index in [9.17, 15) is 8.42 Å². The number of fused-ring (bicyclic) bond motifs is 1. The lowest BCUT2D eigenvalue weighted by molar-refractivity contribution is 0.412. The summed E-state index contributed by atoms with van der Waals surface area (Å²) in [5, 5.41) is 3.34. The van der Waals surface area contributed by atoms with Crippen LogP contribution >= 0.6 is 0 Å². The van der Waals surface area contributed by atoms with Gasteiger partial charge in [-0.05, 0) is 49.9 Å². The normalized spacial score (nSPS) is 23.4. The molecule has 110 valence electrons. The number of nitrogens with one attached hydrogen (secondary N) is 2. The van der Waals surface area contributed by atoms with Crippen molar-refractivity contribution in [1.82, 2.24) is 4.72 Å². The fraction of sp³-hybridized carbons (Fsp3) is 0.600. The molecule has 0 radical (unpaired) electrons. The number of hydrogen-bond donors (Lipinski definition) is 2. The number of sulfonamides is 1. The van der Waals surface area contributed by atoms with Crippen LogP contribution in [-0.2, 0) is 16.4 Å². The van der Waals surface area contributed by atoms with E-state index < -0.39 is 10.0 Å². The van der Waals surface area contributed by atoms with E-state index in [2.05, 4.69) is 17.0 Å². The molecule has 1 saturated carbocycles. The van der Waals surface area contributed by atoms with E-state index in [4.69, 9.17) is 0 Å². The predicted octanol–water partition coefficient (Wildman–Crippen LogP) is 2.65. The second-order valence-corrected chi connectivity index (χ2v) is 7.74. The van der Waals surface area contributed by atoms with Crippen molar-refractivity contribution in [3.05, 3.63) is 23.8 Å². The second kappa shape index (κ2) is 5.37. The van der Waals surface area contributed by atoms with E-state index in [1.807, 2.05) is 12.1 Å². The zero-order chi connectivity index (χ0) is 14.2. The van der Waals surface area contributed by atoms with Crippen LogP contribution in [0.4, 0.5) is 5.69 Å². The molecule has 1 atom stereocenters. The molecule has 0 amide bonds. The highest BCUT2D eigenvalue weighted by atomic mass is 32.2. The van der Waals surface area contributed by atoms with Crippen molar-refractivity contribution >= 4 is 15.7 Å². The predicted molar refractivity (Wildman–Crippen MR) is 80.4 cm³/mol. The maximum Gasteiger partial charge on any atom is 0.240 e. The zero-order valence-corrected chi connectivity index (χ0v) is 12.7. The van der Waals surface area contributed by atoms with Crippen LogP contribution in [0.25, 0.3) is 0 Å². The smallest absolute Gasteiger partial charge is 0.240 e. The number of benzene rings is 1. The fourth-order valence-corrected chi connectivity index (χ4v) is 4.56. The van der Waals surface area contributed by atoms with Crippen molar-refractivity contribution in [2.75, 3.05) is 5.32 Å². The van der Waals surface area contributed by atoms with Gasteiger partial charge in [0.25, 0.3) is 0 Å². The Morgan fingerprint density at radius 3 is 2.70 bits per heavy atom. The van der Waals surface area contributed by atoms with Crippen molar-refractivity contribution < 1.29 is 8.42 Å². The number of hydrogen-bond acceptors (Lipinski definition) is 3. The minimum atomic E-state index is -3.38. The Bertz CT molecular complexity index is 592. The molecule has 1 aliphatic carbocycles. The van der Waals surface area contributed by atoms with E-state index in [-0.39, 0.29) is 6.04 Å². The Morgan fingerprint density at radius 2 is 1.95 bits per heavy atom. The molecule has 5 heteroatoms. The van der Waals surface area contributed by atoms with Gasteiger partial charge in [-0.15, -0.1) is 0 Å². The lowest BCUT2D eigenvalue weighted by Gasteiger charge is -2.22. The van der Waals surface area contributed by atoms with Gasteiger partial charge in [0.15, 0.2) is 0 Å². The molecule has 0 aromatic heterocycles. The summed E-state index contributed by atoms with van der Waals surface area (Å²) in [4.78, 5) is 0.401. The van der Waals surface area contributed by atoms with Gasteiger partial charge in [-0.1, -0.05) is 19.3 Å². The van der Waals surface area contributed by atoms with Crippen LogP contribution in [0.5, 0.6) is 0 Å². The lowest BCUT2D eigenvalue weighted by atomic mass is 9.96. The fourth-order valence-electron chi connectivity index (χ4n) is 3.20. The third kappa shape index (κ3) is 2.83. The van der Waals surface area contributed by atoms with Crippen LogP contribution < -0.4 is 10.0 Å². The van der Waals surface area contributed by atoms with Gasteiger partial charge in [0, 0.05) is 17.8 Å². The maximum absolute atomic E-state index is 12.5. The van der Waals surface area contributed by atoms with Gasteiger partial charge in [0.2, 0.25) is 10.0 Å². The third-order valence-corrected chi connectivity index (χ3v) is 5.76. The Hall–Kier alpha value is -1.07. The van der Waals surface area contributed by atoms with Gasteiger partial charge < -0.3 is 5.32 Å². The van der Waals surface area contributed by atoms with Crippen molar-refractivity contribution in [3.63, 3.8) is 0 Å². The Morgan fingerprint density at radius 1 is 1.20 bits per heavy atom. The quantitative estimate of drug-likeness (QED) is 0.901. The minimum Gasteiger partial charge on any atom is -0.382 e. The number of rotatable bonds is 3. The first-order chi connectivity index (χ1) is 9.54. The van der Waals surface area contributed by atoms with E-state index in [1.165, 1.54) is 6.42 Å². The summed E-state index contributed by atoms with van der Waals surface area (Å²) in [6, 6.07) is 5.90. The average molecular weight is 294 g/mol. The van der Waals surface area contributed by atoms with Crippen LogP contribution in [0.15, 0.2) is 23.1 Å². The summed E-state index contributed by atoms with van der Waals surface area (Å²) in [5.74, 6) is 0. The highest BCUT2D eigenvalue weighted by Crippen LogP contribution is 2.28. The van der Waals surface area contributed by atoms with Crippen molar-refractivity contribution in [3.8, 4) is 0 Å². The van der Waals surface area contributed by atoms with Crippen LogP contribution in [0.2, 0.25) is 0 Å². The molecule has 0 bridgehead atoms. The van der Waals surface area contributed by atoms with Crippen molar-refractivity contribution in [1.29, 1.82) is 0 Å². The summed E-state index contributed by atoms with van der Waals surface area (Å²) in [6.45, 7) is 2.11. The van der Waals surface area contributed by atoms with E-state index in [0.29, 0.717) is 10.9 Å². The molecule has 0 saturated heterocycles. The Kier molecular flexibility index (Phi) is 3.73. The molecule has 1 aromatic carbocycles. The Balaban J connectivity index is 1.79. The van der Waals surface area contributed by atoms with E-state index >= 15 is 0 Å². The molecular weight excluding hydrogens is 272 g/mol. The molecule has 0 spiro atoms. The molecule has 2 aliphatic rings. The third-order valence-electron chi connectivity index (χ3n) is 4.24. The second-order valence-electron chi connectivity index (χ2n) is 6.02. The molecule has 1 heterocycles. The first-order valence-electron chi connectivity index (χ1n) is 7.46. The topological polar surface area (TPSA) is 58.2 Å². The first-order valence-corrected chi connectivity index (χ1v) is 8.95. The van der Waals surface area contributed by atoms with Gasteiger partial charge in [-0.2, -0.15) is 0 Å². The summed E-state index contributed by atoms with van der Waals surface area (Å²) >= 11 is 0. The Labute approximate surface area is 121 Å². The molecule has 0 unspecified atom stereocenters.